The largest absolute Gasteiger partial charge is 0.493 e. The molecule has 1 aromatic heterocycles. The van der Waals surface area contributed by atoms with Crippen LogP contribution in [-0.2, 0) is 20.1 Å². The molecule has 2 heterocycles. The molecule has 1 fully saturated rings. The molecular weight excluding hydrogens is 366 g/mol. The Morgan fingerprint density at radius 2 is 2.00 bits per heavy atom. The molecule has 7 nitrogen and oxygen atoms in total. The first-order valence-corrected chi connectivity index (χ1v) is 10.5. The summed E-state index contributed by atoms with van der Waals surface area (Å²) in [4.78, 5) is 15.0. The van der Waals surface area contributed by atoms with Gasteiger partial charge in [0.15, 0.2) is 0 Å². The summed E-state index contributed by atoms with van der Waals surface area (Å²) in [5.74, 6) is 1.36. The summed E-state index contributed by atoms with van der Waals surface area (Å²) in [6, 6.07) is 8.15. The Morgan fingerprint density at radius 1 is 1.28 bits per heavy atom. The standard InChI is InChI=1S/C22H33N5O2/c1-17(2)16-29-21-6-4-18(5-7-21)12-24-22(28)27(20-8-10-23-11-9-20)15-19-13-25-26(3)14-19/h4-7,13-14,17,20,23H,8-12,15-16H2,1-3H3,(H,24,28). The number of carbonyl (C=O) groups excluding carboxylic acids is 1. The van der Waals surface area contributed by atoms with Crippen molar-refractivity contribution < 1.29 is 9.53 Å². The normalized spacial score (nSPS) is 14.8. The van der Waals surface area contributed by atoms with Gasteiger partial charge in [-0.05, 0) is 49.5 Å². The van der Waals surface area contributed by atoms with Gasteiger partial charge in [-0.3, -0.25) is 4.68 Å². The minimum atomic E-state index is -0.0270. The summed E-state index contributed by atoms with van der Waals surface area (Å²) in [5.41, 5.74) is 2.11. The van der Waals surface area contributed by atoms with E-state index < -0.39 is 0 Å². The molecule has 158 valence electrons. The zero-order valence-corrected chi connectivity index (χ0v) is 17.7. The first kappa shape index (κ1) is 21.2. The minimum Gasteiger partial charge on any atom is -0.493 e. The lowest BCUT2D eigenvalue weighted by atomic mass is 10.0. The predicted octanol–water partition coefficient (Wildman–Crippen LogP) is 2.92. The van der Waals surface area contributed by atoms with Crippen LogP contribution < -0.4 is 15.4 Å². The van der Waals surface area contributed by atoms with Gasteiger partial charge in [0.25, 0.3) is 0 Å². The molecule has 1 aliphatic heterocycles. The van der Waals surface area contributed by atoms with E-state index in [4.69, 9.17) is 4.74 Å². The van der Waals surface area contributed by atoms with Crippen molar-refractivity contribution in [2.45, 2.75) is 45.8 Å². The average molecular weight is 400 g/mol. The van der Waals surface area contributed by atoms with Gasteiger partial charge in [0.1, 0.15) is 5.75 Å². The zero-order valence-electron chi connectivity index (χ0n) is 17.7. The molecule has 2 amide bonds. The second kappa shape index (κ2) is 10.3. The molecule has 0 aliphatic carbocycles. The van der Waals surface area contributed by atoms with Crippen LogP contribution in [0.25, 0.3) is 0 Å². The van der Waals surface area contributed by atoms with E-state index >= 15 is 0 Å². The van der Waals surface area contributed by atoms with Crippen molar-refractivity contribution in [2.24, 2.45) is 13.0 Å². The van der Waals surface area contributed by atoms with Crippen molar-refractivity contribution in [3.63, 3.8) is 0 Å². The van der Waals surface area contributed by atoms with Crippen LogP contribution in [0.4, 0.5) is 4.79 Å². The Labute approximate surface area is 173 Å². The number of benzene rings is 1. The first-order chi connectivity index (χ1) is 14.0. The molecule has 29 heavy (non-hydrogen) atoms. The molecule has 1 aromatic carbocycles. The van der Waals surface area contributed by atoms with Crippen molar-refractivity contribution in [2.75, 3.05) is 19.7 Å². The summed E-state index contributed by atoms with van der Waals surface area (Å²) in [5, 5.41) is 10.7. The molecule has 0 radical (unpaired) electrons. The lowest BCUT2D eigenvalue weighted by Gasteiger charge is -2.34. The predicted molar refractivity (Wildman–Crippen MR) is 114 cm³/mol. The highest BCUT2D eigenvalue weighted by atomic mass is 16.5. The van der Waals surface area contributed by atoms with Crippen LogP contribution >= 0.6 is 0 Å². The Bertz CT molecular complexity index is 766. The topological polar surface area (TPSA) is 71.4 Å². The number of hydrogen-bond acceptors (Lipinski definition) is 4. The molecule has 0 bridgehead atoms. The van der Waals surface area contributed by atoms with Crippen molar-refractivity contribution in [3.8, 4) is 5.75 Å². The van der Waals surface area contributed by atoms with Crippen LogP contribution in [0.5, 0.6) is 5.75 Å². The van der Waals surface area contributed by atoms with E-state index in [1.807, 2.05) is 48.6 Å². The van der Waals surface area contributed by atoms with Gasteiger partial charge in [-0.25, -0.2) is 4.79 Å². The van der Waals surface area contributed by atoms with Crippen LogP contribution in [-0.4, -0.2) is 46.4 Å². The number of nitrogens with zero attached hydrogens (tertiary/aromatic N) is 3. The number of nitrogens with one attached hydrogen (secondary N) is 2. The third-order valence-electron chi connectivity index (χ3n) is 5.07. The van der Waals surface area contributed by atoms with Crippen LogP contribution in [0.3, 0.4) is 0 Å². The molecule has 2 N–H and O–H groups in total. The minimum absolute atomic E-state index is 0.0270. The highest BCUT2D eigenvalue weighted by molar-refractivity contribution is 5.74. The number of urea groups is 1. The number of aryl methyl sites for hydroxylation is 1. The number of carbonyl (C=O) groups is 1. The lowest BCUT2D eigenvalue weighted by molar-refractivity contribution is 0.154. The molecule has 0 unspecified atom stereocenters. The monoisotopic (exact) mass is 399 g/mol. The highest BCUT2D eigenvalue weighted by Crippen LogP contribution is 2.17. The molecule has 1 saturated heterocycles. The maximum absolute atomic E-state index is 13.0. The fourth-order valence-electron chi connectivity index (χ4n) is 3.48. The van der Waals surface area contributed by atoms with E-state index in [0.29, 0.717) is 25.6 Å². The molecule has 3 rings (SSSR count). The van der Waals surface area contributed by atoms with Crippen molar-refractivity contribution in [1.82, 2.24) is 25.3 Å². The molecule has 0 saturated carbocycles. The Hall–Kier alpha value is -2.54. The van der Waals surface area contributed by atoms with Gasteiger partial charge in [-0.1, -0.05) is 26.0 Å². The van der Waals surface area contributed by atoms with E-state index in [1.165, 1.54) is 0 Å². The number of ether oxygens (including phenoxy) is 1. The summed E-state index contributed by atoms with van der Waals surface area (Å²) in [6.07, 6.45) is 5.74. The van der Waals surface area contributed by atoms with Crippen molar-refractivity contribution >= 4 is 6.03 Å². The number of piperidine rings is 1. The molecular formula is C22H33N5O2. The van der Waals surface area contributed by atoms with Crippen molar-refractivity contribution in [3.05, 3.63) is 47.8 Å². The van der Waals surface area contributed by atoms with Gasteiger partial charge in [0, 0.05) is 31.4 Å². The van der Waals surface area contributed by atoms with Crippen LogP contribution in [0.2, 0.25) is 0 Å². The fourth-order valence-corrected chi connectivity index (χ4v) is 3.48. The Kier molecular flexibility index (Phi) is 7.52. The van der Waals surface area contributed by atoms with Gasteiger partial charge in [-0.2, -0.15) is 5.10 Å². The zero-order chi connectivity index (χ0) is 20.6. The molecule has 7 heteroatoms. The first-order valence-electron chi connectivity index (χ1n) is 10.5. The van der Waals surface area contributed by atoms with E-state index in [2.05, 4.69) is 29.6 Å². The van der Waals surface area contributed by atoms with Crippen LogP contribution in [0.15, 0.2) is 36.7 Å². The van der Waals surface area contributed by atoms with Gasteiger partial charge in [0.05, 0.1) is 19.3 Å². The molecule has 1 aliphatic rings. The summed E-state index contributed by atoms with van der Waals surface area (Å²) < 4.78 is 7.50. The Balaban J connectivity index is 1.58. The van der Waals surface area contributed by atoms with Gasteiger partial charge in [-0.15, -0.1) is 0 Å². The summed E-state index contributed by atoms with van der Waals surface area (Å²) in [6.45, 7) is 7.92. The SMILES string of the molecule is CC(C)COc1ccc(CNC(=O)N(Cc2cnn(C)c2)C2CCNCC2)cc1. The number of rotatable bonds is 8. The maximum atomic E-state index is 13.0. The van der Waals surface area contributed by atoms with E-state index in [0.717, 1.165) is 42.8 Å². The maximum Gasteiger partial charge on any atom is 0.318 e. The fraction of sp³-hybridized carbons (Fsp3) is 0.545. The highest BCUT2D eigenvalue weighted by Gasteiger charge is 2.25. The molecule has 0 spiro atoms. The number of hydrogen-bond donors (Lipinski definition) is 2. The Morgan fingerprint density at radius 3 is 2.62 bits per heavy atom. The van der Waals surface area contributed by atoms with E-state index in [9.17, 15) is 4.79 Å². The average Bonchev–Trinajstić information content (AvgIpc) is 3.15. The smallest absolute Gasteiger partial charge is 0.318 e. The van der Waals surface area contributed by atoms with E-state index in [1.54, 1.807) is 4.68 Å². The summed E-state index contributed by atoms with van der Waals surface area (Å²) >= 11 is 0. The summed E-state index contributed by atoms with van der Waals surface area (Å²) in [7, 11) is 1.90. The quantitative estimate of drug-likeness (QED) is 0.716. The van der Waals surface area contributed by atoms with Gasteiger partial charge in [0.2, 0.25) is 0 Å². The lowest BCUT2D eigenvalue weighted by Crippen LogP contribution is -2.49. The second-order valence-corrected chi connectivity index (χ2v) is 8.14. The second-order valence-electron chi connectivity index (χ2n) is 8.14. The number of aromatic nitrogens is 2. The molecule has 2 aromatic rings. The van der Waals surface area contributed by atoms with E-state index in [-0.39, 0.29) is 12.1 Å². The van der Waals surface area contributed by atoms with Gasteiger partial charge >= 0.3 is 6.03 Å². The number of amides is 2. The van der Waals surface area contributed by atoms with Crippen LogP contribution in [0.1, 0.15) is 37.8 Å². The van der Waals surface area contributed by atoms with Crippen LogP contribution in [0, 0.1) is 5.92 Å². The van der Waals surface area contributed by atoms with Gasteiger partial charge < -0.3 is 20.3 Å². The molecule has 0 atom stereocenters. The van der Waals surface area contributed by atoms with Crippen molar-refractivity contribution in [1.29, 1.82) is 0 Å². The third-order valence-corrected chi connectivity index (χ3v) is 5.07. The third kappa shape index (κ3) is 6.49.